The van der Waals surface area contributed by atoms with Gasteiger partial charge in [0.25, 0.3) is 0 Å². The third-order valence-corrected chi connectivity index (χ3v) is 11.1. The molecule has 0 amide bonds. The van der Waals surface area contributed by atoms with E-state index in [1.165, 1.54) is 55.6 Å². The molecule has 0 radical (unpaired) electrons. The van der Waals surface area contributed by atoms with Gasteiger partial charge in [0, 0.05) is 33.5 Å². The quantitative estimate of drug-likeness (QED) is 0.174. The SMILES string of the molecule is CC1(C)c2ccccc2-c2cccc(N(c3ccc4c(c3)oc3ccccc34)c3cccc(-c4ccccc4)c3-c3ccccc3-c3ccccc3)c21. The second kappa shape index (κ2) is 12.3. The normalized spacial score (nSPS) is 12.9. The Bertz CT molecular complexity index is 2810. The van der Waals surface area contributed by atoms with Crippen LogP contribution in [-0.4, -0.2) is 0 Å². The van der Waals surface area contributed by atoms with Gasteiger partial charge in [-0.3, -0.25) is 0 Å². The van der Waals surface area contributed by atoms with Crippen molar-refractivity contribution in [2.24, 2.45) is 0 Å². The molecule has 0 bridgehead atoms. The van der Waals surface area contributed by atoms with Crippen LogP contribution in [0, 0.1) is 0 Å². The zero-order valence-corrected chi connectivity index (χ0v) is 29.8. The number of hydrogen-bond donors (Lipinski definition) is 0. The highest BCUT2D eigenvalue weighted by molar-refractivity contribution is 6.07. The Morgan fingerprint density at radius 1 is 0.415 bits per heavy atom. The number of para-hydroxylation sites is 1. The lowest BCUT2D eigenvalue weighted by Gasteiger charge is -2.34. The van der Waals surface area contributed by atoms with Crippen LogP contribution in [0.3, 0.4) is 0 Å². The minimum Gasteiger partial charge on any atom is -0.456 e. The van der Waals surface area contributed by atoms with E-state index >= 15 is 0 Å². The zero-order valence-electron chi connectivity index (χ0n) is 29.8. The van der Waals surface area contributed by atoms with Crippen LogP contribution in [0.15, 0.2) is 192 Å². The van der Waals surface area contributed by atoms with Crippen LogP contribution >= 0.6 is 0 Å². The van der Waals surface area contributed by atoms with Crippen LogP contribution in [0.25, 0.3) is 66.4 Å². The average molecular weight is 680 g/mol. The second-order valence-corrected chi connectivity index (χ2v) is 14.5. The molecule has 0 aliphatic heterocycles. The first-order valence-corrected chi connectivity index (χ1v) is 18.4. The van der Waals surface area contributed by atoms with Gasteiger partial charge in [-0.2, -0.15) is 0 Å². The van der Waals surface area contributed by atoms with Gasteiger partial charge < -0.3 is 9.32 Å². The van der Waals surface area contributed by atoms with Gasteiger partial charge in [-0.1, -0.05) is 166 Å². The minimum absolute atomic E-state index is 0.233. The molecular formula is C51H37NO. The number of benzene rings is 8. The molecule has 0 atom stereocenters. The van der Waals surface area contributed by atoms with Crippen molar-refractivity contribution in [1.82, 2.24) is 0 Å². The highest BCUT2D eigenvalue weighted by Gasteiger charge is 2.39. The van der Waals surface area contributed by atoms with Gasteiger partial charge in [-0.15, -0.1) is 0 Å². The molecule has 0 saturated carbocycles. The van der Waals surface area contributed by atoms with Gasteiger partial charge in [-0.25, -0.2) is 0 Å². The predicted molar refractivity (Wildman–Crippen MR) is 222 cm³/mol. The molecule has 0 N–H and O–H groups in total. The number of rotatable bonds is 6. The van der Waals surface area contributed by atoms with Crippen LogP contribution in [0.5, 0.6) is 0 Å². The molecule has 1 aliphatic rings. The highest BCUT2D eigenvalue weighted by Crippen LogP contribution is 2.56. The Balaban J connectivity index is 1.32. The number of furan rings is 1. The van der Waals surface area contributed by atoms with Gasteiger partial charge in [0.15, 0.2) is 0 Å². The number of hydrogen-bond acceptors (Lipinski definition) is 2. The third-order valence-electron chi connectivity index (χ3n) is 11.1. The maximum absolute atomic E-state index is 6.56. The molecule has 2 nitrogen and oxygen atoms in total. The van der Waals surface area contributed by atoms with Crippen molar-refractivity contribution < 1.29 is 4.42 Å². The van der Waals surface area contributed by atoms with Crippen molar-refractivity contribution in [2.75, 3.05) is 4.90 Å². The van der Waals surface area contributed by atoms with Crippen molar-refractivity contribution >= 4 is 39.0 Å². The molecule has 0 unspecified atom stereocenters. The van der Waals surface area contributed by atoms with E-state index in [4.69, 9.17) is 4.42 Å². The molecule has 1 aromatic heterocycles. The van der Waals surface area contributed by atoms with E-state index < -0.39 is 0 Å². The summed E-state index contributed by atoms with van der Waals surface area (Å²) in [6.45, 7) is 4.74. The average Bonchev–Trinajstić information content (AvgIpc) is 3.70. The molecule has 10 rings (SSSR count). The molecule has 0 spiro atoms. The Morgan fingerprint density at radius 3 is 1.75 bits per heavy atom. The number of fused-ring (bicyclic) bond motifs is 6. The van der Waals surface area contributed by atoms with E-state index in [9.17, 15) is 0 Å². The molecule has 53 heavy (non-hydrogen) atoms. The number of nitrogens with zero attached hydrogens (tertiary/aromatic N) is 1. The third kappa shape index (κ3) is 4.94. The fraction of sp³-hybridized carbons (Fsp3) is 0.0588. The molecule has 0 fully saturated rings. The lowest BCUT2D eigenvalue weighted by atomic mass is 9.81. The maximum atomic E-state index is 6.56. The van der Waals surface area contributed by atoms with E-state index in [1.54, 1.807) is 0 Å². The second-order valence-electron chi connectivity index (χ2n) is 14.5. The lowest BCUT2D eigenvalue weighted by Crippen LogP contribution is -2.21. The Hall–Kier alpha value is -6.64. The zero-order chi connectivity index (χ0) is 35.5. The smallest absolute Gasteiger partial charge is 0.137 e. The van der Waals surface area contributed by atoms with E-state index in [1.807, 2.05) is 6.07 Å². The summed E-state index contributed by atoms with van der Waals surface area (Å²) in [4.78, 5) is 2.49. The van der Waals surface area contributed by atoms with Crippen molar-refractivity contribution in [3.05, 3.63) is 199 Å². The van der Waals surface area contributed by atoms with Crippen LogP contribution < -0.4 is 4.90 Å². The predicted octanol–water partition coefficient (Wildman–Crippen LogP) is 14.4. The van der Waals surface area contributed by atoms with Crippen LogP contribution in [0.4, 0.5) is 17.1 Å². The summed E-state index contributed by atoms with van der Waals surface area (Å²) in [5.41, 5.74) is 17.2. The van der Waals surface area contributed by atoms with Crippen LogP contribution in [0.2, 0.25) is 0 Å². The summed E-state index contributed by atoms with van der Waals surface area (Å²) in [6, 6.07) is 67.9. The van der Waals surface area contributed by atoms with Crippen molar-refractivity contribution in [3.63, 3.8) is 0 Å². The maximum Gasteiger partial charge on any atom is 0.137 e. The first kappa shape index (κ1) is 31.1. The van der Waals surface area contributed by atoms with Crippen LogP contribution in [-0.2, 0) is 5.41 Å². The fourth-order valence-electron chi connectivity index (χ4n) is 8.71. The topological polar surface area (TPSA) is 16.4 Å². The molecule has 1 aliphatic carbocycles. The fourth-order valence-corrected chi connectivity index (χ4v) is 8.71. The highest BCUT2D eigenvalue weighted by atomic mass is 16.3. The molecule has 0 saturated heterocycles. The van der Waals surface area contributed by atoms with Gasteiger partial charge >= 0.3 is 0 Å². The molecule has 9 aromatic rings. The van der Waals surface area contributed by atoms with E-state index in [0.717, 1.165) is 39.0 Å². The van der Waals surface area contributed by atoms with Gasteiger partial charge in [-0.05, 0) is 80.4 Å². The summed E-state index contributed by atoms with van der Waals surface area (Å²) in [7, 11) is 0. The van der Waals surface area contributed by atoms with Crippen LogP contribution in [0.1, 0.15) is 25.0 Å². The van der Waals surface area contributed by atoms with E-state index in [2.05, 4.69) is 201 Å². The summed E-state index contributed by atoms with van der Waals surface area (Å²) in [5, 5.41) is 2.24. The standard InChI is InChI=1S/C51H37NO/c1-51(2)44-27-13-11-22-39(44)43-26-16-29-46(50(43)51)52(36-31-32-41-40-23-12-14-30-47(40)53-48(41)33-36)45-28-15-25-38(35-19-7-4-8-20-35)49(45)42-24-10-9-21-37(42)34-17-5-3-6-18-34/h3-33H,1-2H3. The largest absolute Gasteiger partial charge is 0.456 e. The molecule has 252 valence electrons. The Morgan fingerprint density at radius 2 is 0.981 bits per heavy atom. The summed E-state index contributed by atoms with van der Waals surface area (Å²) >= 11 is 0. The number of anilines is 3. The van der Waals surface area contributed by atoms with E-state index in [0.29, 0.717) is 0 Å². The first-order chi connectivity index (χ1) is 26.1. The van der Waals surface area contributed by atoms with Gasteiger partial charge in [0.1, 0.15) is 11.2 Å². The van der Waals surface area contributed by atoms with E-state index in [-0.39, 0.29) is 5.41 Å². The van der Waals surface area contributed by atoms with Gasteiger partial charge in [0.05, 0.1) is 11.4 Å². The van der Waals surface area contributed by atoms with Crippen molar-refractivity contribution in [3.8, 4) is 44.5 Å². The summed E-state index contributed by atoms with van der Waals surface area (Å²) < 4.78 is 6.56. The van der Waals surface area contributed by atoms with Crippen molar-refractivity contribution in [2.45, 2.75) is 19.3 Å². The van der Waals surface area contributed by atoms with Gasteiger partial charge in [0.2, 0.25) is 0 Å². The summed E-state index contributed by atoms with van der Waals surface area (Å²) in [5.74, 6) is 0. The Kier molecular flexibility index (Phi) is 7.19. The minimum atomic E-state index is -0.233. The monoisotopic (exact) mass is 679 g/mol. The first-order valence-electron chi connectivity index (χ1n) is 18.4. The molecule has 8 aromatic carbocycles. The molecule has 1 heterocycles. The lowest BCUT2D eigenvalue weighted by molar-refractivity contribution is 0.660. The summed E-state index contributed by atoms with van der Waals surface area (Å²) in [6.07, 6.45) is 0. The Labute approximate surface area is 310 Å². The molecule has 2 heteroatoms. The van der Waals surface area contributed by atoms with Crippen molar-refractivity contribution in [1.29, 1.82) is 0 Å². The molecular weight excluding hydrogens is 643 g/mol.